The molecule has 0 fully saturated rings. The fourth-order valence-electron chi connectivity index (χ4n) is 4.66. The van der Waals surface area contributed by atoms with Crippen LogP contribution in [0.2, 0.25) is 0 Å². The topological polar surface area (TPSA) is 9.23 Å². The summed E-state index contributed by atoms with van der Waals surface area (Å²) in [4.78, 5) is 0. The maximum Gasteiger partial charge on any atom is 0.167 e. The third-order valence-electron chi connectivity index (χ3n) is 6.05. The van der Waals surface area contributed by atoms with E-state index in [-0.39, 0.29) is 5.39 Å². The predicted molar refractivity (Wildman–Crippen MR) is 120 cm³/mol. The van der Waals surface area contributed by atoms with Gasteiger partial charge in [0.05, 0.1) is 7.11 Å². The van der Waals surface area contributed by atoms with Gasteiger partial charge in [-0.1, -0.05) is 66.7 Å². The van der Waals surface area contributed by atoms with Crippen LogP contribution in [0.4, 0.5) is 8.78 Å². The molecule has 6 aromatic carbocycles. The van der Waals surface area contributed by atoms with E-state index in [4.69, 9.17) is 4.74 Å². The van der Waals surface area contributed by atoms with Crippen LogP contribution in [0.5, 0.6) is 5.75 Å². The van der Waals surface area contributed by atoms with Gasteiger partial charge in [-0.25, -0.2) is 8.78 Å². The Morgan fingerprint density at radius 2 is 1.13 bits per heavy atom. The van der Waals surface area contributed by atoms with Crippen LogP contribution >= 0.6 is 0 Å². The molecule has 6 aromatic rings. The van der Waals surface area contributed by atoms with Crippen molar-refractivity contribution < 1.29 is 13.5 Å². The highest BCUT2D eigenvalue weighted by Gasteiger charge is 2.19. The van der Waals surface area contributed by atoms with Gasteiger partial charge in [-0.2, -0.15) is 0 Å². The first-order chi connectivity index (χ1) is 14.7. The smallest absolute Gasteiger partial charge is 0.167 e. The molecule has 30 heavy (non-hydrogen) atoms. The normalized spacial score (nSPS) is 11.8. The van der Waals surface area contributed by atoms with Gasteiger partial charge in [-0.3, -0.25) is 0 Å². The van der Waals surface area contributed by atoms with Crippen LogP contribution in [0, 0.1) is 11.6 Å². The molecule has 0 amide bonds. The Balaban J connectivity index is 2.00. The van der Waals surface area contributed by atoms with Crippen LogP contribution in [-0.4, -0.2) is 7.11 Å². The number of halogens is 2. The van der Waals surface area contributed by atoms with Crippen LogP contribution in [-0.2, 0) is 0 Å². The minimum Gasteiger partial charge on any atom is -0.497 e. The van der Waals surface area contributed by atoms with Crippen molar-refractivity contribution in [1.82, 2.24) is 0 Å². The molecule has 0 unspecified atom stereocenters. The van der Waals surface area contributed by atoms with E-state index in [1.54, 1.807) is 19.2 Å². The number of methoxy groups -OCH3 is 1. The van der Waals surface area contributed by atoms with Crippen molar-refractivity contribution in [2.75, 3.05) is 7.11 Å². The Bertz CT molecular complexity index is 1650. The summed E-state index contributed by atoms with van der Waals surface area (Å²) < 4.78 is 35.7. The fraction of sp³-hybridized carbons (Fsp3) is 0.0370. The number of benzene rings is 6. The standard InChI is InChI=1S/C27H16F2O/c1-30-18-10-13-20-17(14-18)9-12-21-24(20)25-22(27(29)26(21)28)11-8-16-7-6-15-4-2-3-5-19(15)23(16)25/h2-14H,1H3. The van der Waals surface area contributed by atoms with Gasteiger partial charge < -0.3 is 4.74 Å². The number of ether oxygens (including phenoxy) is 1. The van der Waals surface area contributed by atoms with Crippen molar-refractivity contribution >= 4 is 53.9 Å². The van der Waals surface area contributed by atoms with E-state index in [2.05, 4.69) is 6.07 Å². The molecule has 1 nitrogen and oxygen atoms in total. The SMILES string of the molecule is COc1ccc2c(ccc3c(F)c(F)c4ccc5ccc6ccccc6c5c4c32)c1. The van der Waals surface area contributed by atoms with Crippen molar-refractivity contribution in [3.8, 4) is 5.75 Å². The van der Waals surface area contributed by atoms with Gasteiger partial charge in [-0.05, 0) is 44.5 Å². The Morgan fingerprint density at radius 1 is 0.533 bits per heavy atom. The van der Waals surface area contributed by atoms with E-state index in [9.17, 15) is 0 Å². The number of hydrogen-bond donors (Lipinski definition) is 0. The van der Waals surface area contributed by atoms with Gasteiger partial charge in [0.1, 0.15) is 5.75 Å². The molecule has 0 aliphatic rings. The third-order valence-corrected chi connectivity index (χ3v) is 6.05. The van der Waals surface area contributed by atoms with E-state index in [0.717, 1.165) is 48.8 Å². The second-order valence-corrected chi connectivity index (χ2v) is 7.58. The largest absolute Gasteiger partial charge is 0.497 e. The van der Waals surface area contributed by atoms with E-state index in [1.807, 2.05) is 60.7 Å². The second kappa shape index (κ2) is 6.14. The summed E-state index contributed by atoms with van der Waals surface area (Å²) in [7, 11) is 1.62. The van der Waals surface area contributed by atoms with Crippen LogP contribution in [0.1, 0.15) is 0 Å². The highest BCUT2D eigenvalue weighted by atomic mass is 19.2. The van der Waals surface area contributed by atoms with Crippen molar-refractivity contribution in [3.63, 3.8) is 0 Å². The van der Waals surface area contributed by atoms with Crippen LogP contribution in [0.25, 0.3) is 53.9 Å². The van der Waals surface area contributed by atoms with E-state index in [0.29, 0.717) is 5.39 Å². The molecule has 0 saturated heterocycles. The lowest BCUT2D eigenvalue weighted by atomic mass is 9.90. The summed E-state index contributed by atoms with van der Waals surface area (Å²) in [5, 5.41) is 7.89. The number of fused-ring (bicyclic) bond motifs is 9. The number of hydrogen-bond acceptors (Lipinski definition) is 1. The van der Waals surface area contributed by atoms with E-state index < -0.39 is 11.6 Å². The second-order valence-electron chi connectivity index (χ2n) is 7.58. The van der Waals surface area contributed by atoms with Crippen LogP contribution < -0.4 is 4.74 Å². The molecule has 0 radical (unpaired) electrons. The molecule has 0 heterocycles. The maximum absolute atomic E-state index is 15.2. The molecule has 0 aliphatic carbocycles. The minimum absolute atomic E-state index is 0.290. The van der Waals surface area contributed by atoms with Gasteiger partial charge in [-0.15, -0.1) is 0 Å². The lowest BCUT2D eigenvalue weighted by molar-refractivity contribution is 0.415. The first kappa shape index (κ1) is 17.2. The number of rotatable bonds is 1. The molecule has 0 aromatic heterocycles. The molecule has 6 rings (SSSR count). The molecular weight excluding hydrogens is 378 g/mol. The summed E-state index contributed by atoms with van der Waals surface area (Å²) in [5.74, 6) is -0.890. The quantitative estimate of drug-likeness (QED) is 0.259. The van der Waals surface area contributed by atoms with Crippen LogP contribution in [0.15, 0.2) is 78.9 Å². The molecule has 0 N–H and O–H groups in total. The molecule has 0 aliphatic heterocycles. The summed E-state index contributed by atoms with van der Waals surface area (Å²) in [6, 6.07) is 24.9. The Labute approximate surface area is 171 Å². The van der Waals surface area contributed by atoms with Crippen LogP contribution in [0.3, 0.4) is 0 Å². The average Bonchev–Trinajstić information content (AvgIpc) is 2.80. The van der Waals surface area contributed by atoms with E-state index in [1.165, 1.54) is 0 Å². The highest BCUT2D eigenvalue weighted by Crippen LogP contribution is 2.42. The van der Waals surface area contributed by atoms with Crippen molar-refractivity contribution in [1.29, 1.82) is 0 Å². The zero-order chi connectivity index (χ0) is 20.4. The van der Waals surface area contributed by atoms with Gasteiger partial charge in [0, 0.05) is 21.5 Å². The van der Waals surface area contributed by atoms with Gasteiger partial charge in [0.15, 0.2) is 11.6 Å². The molecular formula is C27H16F2O. The first-order valence-corrected chi connectivity index (χ1v) is 9.79. The molecule has 144 valence electrons. The molecule has 0 spiro atoms. The fourth-order valence-corrected chi connectivity index (χ4v) is 4.66. The lowest BCUT2D eigenvalue weighted by Crippen LogP contribution is -1.93. The maximum atomic E-state index is 15.2. The first-order valence-electron chi connectivity index (χ1n) is 9.79. The summed E-state index contributed by atoms with van der Waals surface area (Å²) in [6.45, 7) is 0. The monoisotopic (exact) mass is 394 g/mol. The minimum atomic E-state index is -0.810. The predicted octanol–water partition coefficient (Wildman–Crippen LogP) is 7.74. The molecule has 0 saturated carbocycles. The average molecular weight is 394 g/mol. The van der Waals surface area contributed by atoms with Crippen molar-refractivity contribution in [3.05, 3.63) is 90.5 Å². The van der Waals surface area contributed by atoms with Gasteiger partial charge in [0.25, 0.3) is 0 Å². The molecule has 3 heteroatoms. The van der Waals surface area contributed by atoms with Crippen molar-refractivity contribution in [2.45, 2.75) is 0 Å². The zero-order valence-electron chi connectivity index (χ0n) is 16.2. The summed E-state index contributed by atoms with van der Waals surface area (Å²) >= 11 is 0. The van der Waals surface area contributed by atoms with E-state index >= 15 is 8.78 Å². The Hall–Kier alpha value is -3.72. The molecule has 0 bridgehead atoms. The third kappa shape index (κ3) is 2.20. The van der Waals surface area contributed by atoms with Gasteiger partial charge >= 0.3 is 0 Å². The Morgan fingerprint density at radius 3 is 1.93 bits per heavy atom. The van der Waals surface area contributed by atoms with Crippen molar-refractivity contribution in [2.24, 2.45) is 0 Å². The highest BCUT2D eigenvalue weighted by molar-refractivity contribution is 6.32. The summed E-state index contributed by atoms with van der Waals surface area (Å²) in [5.41, 5.74) is 0. The summed E-state index contributed by atoms with van der Waals surface area (Å²) in [6.07, 6.45) is 0. The Kier molecular flexibility index (Phi) is 3.51. The molecule has 0 atom stereocenters. The van der Waals surface area contributed by atoms with Gasteiger partial charge in [0.2, 0.25) is 0 Å². The zero-order valence-corrected chi connectivity index (χ0v) is 16.2. The lowest BCUT2D eigenvalue weighted by Gasteiger charge is -2.15.